The van der Waals surface area contributed by atoms with Crippen LogP contribution in [0.4, 0.5) is 0 Å². The maximum Gasteiger partial charge on any atom is 0.306 e. The number of hydrogen-bond donors (Lipinski definition) is 1. The molecule has 1 atom stereocenters. The summed E-state index contributed by atoms with van der Waals surface area (Å²) in [4.78, 5) is 11.4. The van der Waals surface area contributed by atoms with E-state index < -0.39 is 5.97 Å². The van der Waals surface area contributed by atoms with Crippen molar-refractivity contribution in [2.45, 2.75) is 142 Å². The minimum absolute atomic E-state index is 0.0934. The first-order valence-electron chi connectivity index (χ1n) is 11.9. The van der Waals surface area contributed by atoms with E-state index in [2.05, 4.69) is 13.8 Å². The molecule has 1 N–H and O–H groups in total. The molecule has 0 bridgehead atoms. The molecule has 0 rings (SSSR count). The van der Waals surface area contributed by atoms with E-state index in [4.69, 9.17) is 0 Å². The highest BCUT2D eigenvalue weighted by Crippen LogP contribution is 2.20. The Morgan fingerprint density at radius 2 is 0.808 bits per heavy atom. The number of carboxylic acid groups (broad SMARTS) is 1. The molecule has 26 heavy (non-hydrogen) atoms. The molecule has 0 spiro atoms. The van der Waals surface area contributed by atoms with E-state index in [0.29, 0.717) is 0 Å². The van der Waals surface area contributed by atoms with Gasteiger partial charge in [-0.3, -0.25) is 4.79 Å². The van der Waals surface area contributed by atoms with Crippen LogP contribution in [0.5, 0.6) is 0 Å². The molecule has 0 fully saturated rings. The molecular weight excluding hydrogens is 320 g/mol. The van der Waals surface area contributed by atoms with Crippen LogP contribution in [-0.2, 0) is 4.79 Å². The van der Waals surface area contributed by atoms with Gasteiger partial charge in [0.25, 0.3) is 0 Å². The summed E-state index contributed by atoms with van der Waals surface area (Å²) in [5.41, 5.74) is 0. The predicted molar refractivity (Wildman–Crippen MR) is 115 cm³/mol. The van der Waals surface area contributed by atoms with Gasteiger partial charge in [0.2, 0.25) is 0 Å². The van der Waals surface area contributed by atoms with Crippen molar-refractivity contribution in [2.24, 2.45) is 5.92 Å². The van der Waals surface area contributed by atoms with Crippen LogP contribution in [0.25, 0.3) is 0 Å². The molecule has 0 aliphatic rings. The van der Waals surface area contributed by atoms with Crippen LogP contribution in [0, 0.1) is 5.92 Å². The smallest absolute Gasteiger partial charge is 0.306 e. The first-order valence-corrected chi connectivity index (χ1v) is 11.9. The number of carbonyl (C=O) groups is 1. The highest BCUT2D eigenvalue weighted by atomic mass is 16.4. The molecular formula is C24H48O2. The van der Waals surface area contributed by atoms with Crippen LogP contribution >= 0.6 is 0 Å². The summed E-state index contributed by atoms with van der Waals surface area (Å²) in [6.07, 6.45) is 25.3. The molecule has 0 radical (unpaired) electrons. The second-order valence-corrected chi connectivity index (χ2v) is 8.27. The van der Waals surface area contributed by atoms with Crippen LogP contribution in [-0.4, -0.2) is 11.1 Å². The van der Waals surface area contributed by atoms with Gasteiger partial charge in [0.1, 0.15) is 0 Å². The van der Waals surface area contributed by atoms with Crippen LogP contribution in [0.2, 0.25) is 0 Å². The van der Waals surface area contributed by atoms with E-state index >= 15 is 0 Å². The van der Waals surface area contributed by atoms with Gasteiger partial charge in [-0.15, -0.1) is 0 Å². The average molecular weight is 369 g/mol. The Bertz CT molecular complexity index is 288. The van der Waals surface area contributed by atoms with Crippen molar-refractivity contribution in [3.63, 3.8) is 0 Å². The maximum absolute atomic E-state index is 11.4. The fourth-order valence-electron chi connectivity index (χ4n) is 3.79. The lowest BCUT2D eigenvalue weighted by Gasteiger charge is -2.12. The lowest BCUT2D eigenvalue weighted by atomic mass is 9.94. The van der Waals surface area contributed by atoms with E-state index in [1.165, 1.54) is 103 Å². The normalized spacial score (nSPS) is 12.4. The Labute approximate surface area is 164 Å². The Morgan fingerprint density at radius 3 is 1.08 bits per heavy atom. The lowest BCUT2D eigenvalue weighted by Crippen LogP contribution is -2.13. The largest absolute Gasteiger partial charge is 0.481 e. The third-order valence-corrected chi connectivity index (χ3v) is 5.66. The Balaban J connectivity index is 3.46. The minimum Gasteiger partial charge on any atom is -0.481 e. The number of aliphatic carboxylic acids is 1. The molecule has 0 heterocycles. The second-order valence-electron chi connectivity index (χ2n) is 8.27. The van der Waals surface area contributed by atoms with Crippen molar-refractivity contribution < 1.29 is 9.90 Å². The number of hydrogen-bond acceptors (Lipinski definition) is 1. The molecule has 0 saturated carbocycles. The average Bonchev–Trinajstić information content (AvgIpc) is 2.63. The summed E-state index contributed by atoms with van der Waals surface area (Å²) in [6.45, 7) is 4.51. The van der Waals surface area contributed by atoms with E-state index in [-0.39, 0.29) is 5.92 Å². The SMILES string of the molecule is CCCCCCCCCCCC[C@H](CCCCCCCCCC)C(=O)O. The molecule has 2 nitrogen and oxygen atoms in total. The highest BCUT2D eigenvalue weighted by molar-refractivity contribution is 5.69. The Morgan fingerprint density at radius 1 is 0.538 bits per heavy atom. The number of carboxylic acids is 1. The summed E-state index contributed by atoms with van der Waals surface area (Å²) >= 11 is 0. The van der Waals surface area contributed by atoms with Crippen LogP contribution in [0.1, 0.15) is 142 Å². The highest BCUT2D eigenvalue weighted by Gasteiger charge is 2.16. The van der Waals surface area contributed by atoms with Gasteiger partial charge < -0.3 is 5.11 Å². The number of rotatable bonds is 21. The molecule has 0 unspecified atom stereocenters. The predicted octanol–water partition coefficient (Wildman–Crippen LogP) is 8.53. The summed E-state index contributed by atoms with van der Waals surface area (Å²) in [6, 6.07) is 0. The fraction of sp³-hybridized carbons (Fsp3) is 0.958. The molecule has 0 aliphatic heterocycles. The minimum atomic E-state index is -0.566. The molecule has 0 aromatic rings. The van der Waals surface area contributed by atoms with Crippen molar-refractivity contribution in [2.75, 3.05) is 0 Å². The lowest BCUT2D eigenvalue weighted by molar-refractivity contribution is -0.142. The molecule has 0 aromatic carbocycles. The van der Waals surface area contributed by atoms with E-state index in [1.54, 1.807) is 0 Å². The van der Waals surface area contributed by atoms with Crippen LogP contribution in [0.15, 0.2) is 0 Å². The van der Waals surface area contributed by atoms with Gasteiger partial charge in [-0.1, -0.05) is 129 Å². The van der Waals surface area contributed by atoms with Gasteiger partial charge in [0, 0.05) is 0 Å². The van der Waals surface area contributed by atoms with Gasteiger partial charge in [0.15, 0.2) is 0 Å². The molecule has 0 amide bonds. The van der Waals surface area contributed by atoms with Crippen molar-refractivity contribution in [1.29, 1.82) is 0 Å². The monoisotopic (exact) mass is 368 g/mol. The van der Waals surface area contributed by atoms with Crippen molar-refractivity contribution in [3.05, 3.63) is 0 Å². The summed E-state index contributed by atoms with van der Waals surface area (Å²) in [5.74, 6) is -0.659. The maximum atomic E-state index is 11.4. The Hall–Kier alpha value is -0.530. The summed E-state index contributed by atoms with van der Waals surface area (Å²) in [5, 5.41) is 9.42. The number of unbranched alkanes of at least 4 members (excludes halogenated alkanes) is 16. The third kappa shape index (κ3) is 18.3. The zero-order valence-electron chi connectivity index (χ0n) is 18.1. The van der Waals surface area contributed by atoms with Crippen molar-refractivity contribution in [3.8, 4) is 0 Å². The first-order chi connectivity index (χ1) is 12.7. The second kappa shape index (κ2) is 20.8. The van der Waals surface area contributed by atoms with Gasteiger partial charge in [-0.2, -0.15) is 0 Å². The zero-order chi connectivity index (χ0) is 19.3. The fourth-order valence-corrected chi connectivity index (χ4v) is 3.79. The van der Waals surface area contributed by atoms with E-state index in [9.17, 15) is 9.90 Å². The van der Waals surface area contributed by atoms with E-state index in [1.807, 2.05) is 0 Å². The summed E-state index contributed by atoms with van der Waals surface area (Å²) < 4.78 is 0. The third-order valence-electron chi connectivity index (χ3n) is 5.66. The van der Waals surface area contributed by atoms with E-state index in [0.717, 1.165) is 25.7 Å². The Kier molecular flexibility index (Phi) is 20.4. The first kappa shape index (κ1) is 25.5. The molecule has 0 aliphatic carbocycles. The van der Waals surface area contributed by atoms with Gasteiger partial charge >= 0.3 is 5.97 Å². The van der Waals surface area contributed by atoms with Gasteiger partial charge in [0.05, 0.1) is 5.92 Å². The van der Waals surface area contributed by atoms with Crippen LogP contribution in [0.3, 0.4) is 0 Å². The molecule has 0 aromatic heterocycles. The van der Waals surface area contributed by atoms with Crippen molar-refractivity contribution in [1.82, 2.24) is 0 Å². The zero-order valence-corrected chi connectivity index (χ0v) is 18.1. The summed E-state index contributed by atoms with van der Waals surface area (Å²) in [7, 11) is 0. The van der Waals surface area contributed by atoms with Gasteiger partial charge in [-0.05, 0) is 12.8 Å². The topological polar surface area (TPSA) is 37.3 Å². The van der Waals surface area contributed by atoms with Crippen LogP contribution < -0.4 is 0 Å². The molecule has 2 heteroatoms. The quantitative estimate of drug-likeness (QED) is 0.206. The standard InChI is InChI=1S/C24H48O2/c1-3-5-7-9-11-13-14-16-18-20-22-23(24(25)26)21-19-17-15-12-10-8-6-4-2/h23H,3-22H2,1-2H3,(H,25,26)/t23-/m0/s1. The molecule has 0 saturated heterocycles. The van der Waals surface area contributed by atoms with Gasteiger partial charge in [-0.25, -0.2) is 0 Å². The molecule has 156 valence electrons. The van der Waals surface area contributed by atoms with Crippen molar-refractivity contribution >= 4 is 5.97 Å².